The van der Waals surface area contributed by atoms with Crippen molar-refractivity contribution in [1.29, 1.82) is 0 Å². The van der Waals surface area contributed by atoms with E-state index in [-0.39, 0.29) is 23.9 Å². The van der Waals surface area contributed by atoms with Crippen molar-refractivity contribution in [1.82, 2.24) is 30.8 Å². The van der Waals surface area contributed by atoms with Crippen molar-refractivity contribution in [3.63, 3.8) is 0 Å². The maximum Gasteiger partial charge on any atom is 0.414 e. The molecule has 4 rings (SSSR count). The summed E-state index contributed by atoms with van der Waals surface area (Å²) in [5.74, 6) is -0.285. The highest BCUT2D eigenvalue weighted by atomic mass is 16.6. The Morgan fingerprint density at radius 3 is 1.62 bits per heavy atom. The molecule has 20 nitrogen and oxygen atoms in total. The van der Waals surface area contributed by atoms with Gasteiger partial charge in [0, 0.05) is 37.0 Å². The normalized spacial score (nSPS) is 12.9. The number of aliphatic imine (C=N–C) groups is 2. The molecule has 1 aliphatic heterocycles. The summed E-state index contributed by atoms with van der Waals surface area (Å²) in [7, 11) is 1.60. The number of carbonyl (C=O) groups is 6. The number of ether oxygens (including phenoxy) is 4. The van der Waals surface area contributed by atoms with Crippen LogP contribution in [0.1, 0.15) is 127 Å². The molecule has 1 aromatic heterocycles. The molecule has 68 heavy (non-hydrogen) atoms. The van der Waals surface area contributed by atoms with Gasteiger partial charge in [-0.15, -0.1) is 0 Å². The van der Waals surface area contributed by atoms with Crippen LogP contribution in [0.3, 0.4) is 0 Å². The molecule has 20 heteroatoms. The van der Waals surface area contributed by atoms with Gasteiger partial charge < -0.3 is 34.5 Å². The molecule has 5 amide bonds. The average Bonchev–Trinajstić information content (AvgIpc) is 3.20. The number of rotatable bonds is 8. The van der Waals surface area contributed by atoms with Gasteiger partial charge in [-0.1, -0.05) is 18.2 Å². The van der Waals surface area contributed by atoms with E-state index in [0.29, 0.717) is 65.7 Å². The van der Waals surface area contributed by atoms with Crippen LogP contribution in [0.5, 0.6) is 0 Å². The van der Waals surface area contributed by atoms with Crippen LogP contribution >= 0.6 is 0 Å². The number of guanidine groups is 2. The summed E-state index contributed by atoms with van der Waals surface area (Å²) in [4.78, 5) is 92.4. The molecule has 368 valence electrons. The van der Waals surface area contributed by atoms with Gasteiger partial charge in [-0.2, -0.15) is 0 Å². The lowest BCUT2D eigenvalue weighted by Gasteiger charge is -2.30. The van der Waals surface area contributed by atoms with Gasteiger partial charge in [0.1, 0.15) is 22.4 Å². The minimum absolute atomic E-state index is 0.0683. The number of carbonyl (C=O) groups excluding carboxylic acids is 6. The Hall–Kier alpha value is -7.38. The van der Waals surface area contributed by atoms with E-state index in [4.69, 9.17) is 14.2 Å². The molecule has 2 aromatic carbocycles. The Morgan fingerprint density at radius 1 is 0.706 bits per heavy atom. The summed E-state index contributed by atoms with van der Waals surface area (Å²) in [5, 5.41) is 13.2. The van der Waals surface area contributed by atoms with Crippen LogP contribution in [-0.2, 0) is 30.3 Å². The van der Waals surface area contributed by atoms with Gasteiger partial charge in [-0.25, -0.2) is 24.4 Å². The molecule has 0 saturated carbocycles. The van der Waals surface area contributed by atoms with Gasteiger partial charge in [0.05, 0.1) is 24.1 Å². The van der Waals surface area contributed by atoms with E-state index in [2.05, 4.69) is 51.3 Å². The van der Waals surface area contributed by atoms with Crippen molar-refractivity contribution in [3.05, 3.63) is 88.9 Å². The number of alkyl carbamates (subject to hydrolysis) is 3. The number of anilines is 2. The summed E-state index contributed by atoms with van der Waals surface area (Å²) in [6.07, 6.45) is 1.95. The van der Waals surface area contributed by atoms with Crippen LogP contribution in [0.2, 0.25) is 0 Å². The lowest BCUT2D eigenvalue weighted by Crippen LogP contribution is -2.47. The van der Waals surface area contributed by atoms with Crippen LogP contribution in [0.4, 0.5) is 25.9 Å². The van der Waals surface area contributed by atoms with E-state index >= 15 is 0 Å². The third-order valence-corrected chi connectivity index (χ3v) is 8.51. The third-order valence-electron chi connectivity index (χ3n) is 8.51. The van der Waals surface area contributed by atoms with Crippen molar-refractivity contribution in [3.8, 4) is 0 Å². The summed E-state index contributed by atoms with van der Waals surface area (Å²) >= 11 is 0. The highest BCUT2D eigenvalue weighted by Crippen LogP contribution is 2.24. The van der Waals surface area contributed by atoms with Crippen LogP contribution in [-0.4, -0.2) is 106 Å². The third kappa shape index (κ3) is 20.4. The molecule has 0 bridgehead atoms. The smallest absolute Gasteiger partial charge is 0.414 e. The van der Waals surface area contributed by atoms with Crippen molar-refractivity contribution in [2.75, 3.05) is 30.8 Å². The molecule has 1 aliphatic rings. The van der Waals surface area contributed by atoms with Crippen molar-refractivity contribution < 1.29 is 47.7 Å². The quantitative estimate of drug-likeness (QED) is 0.0628. The van der Waals surface area contributed by atoms with E-state index < -0.39 is 46.9 Å². The monoisotopic (exact) mass is 942 g/mol. The first-order valence-corrected chi connectivity index (χ1v) is 21.8. The molecule has 0 atom stereocenters. The van der Waals surface area contributed by atoms with E-state index in [9.17, 15) is 28.8 Å². The second-order valence-corrected chi connectivity index (χ2v) is 19.2. The molecular formula is C48H66N10O10. The van der Waals surface area contributed by atoms with E-state index in [0.717, 1.165) is 5.57 Å². The maximum absolute atomic E-state index is 13.1. The number of benzene rings is 2. The molecule has 0 radical (unpaired) electrons. The molecule has 2 heterocycles. The maximum atomic E-state index is 13.1. The fourth-order valence-corrected chi connectivity index (χ4v) is 5.69. The zero-order valence-corrected chi connectivity index (χ0v) is 41.5. The predicted molar refractivity (Wildman–Crippen MR) is 259 cm³/mol. The molecule has 0 saturated heterocycles. The zero-order chi connectivity index (χ0) is 51.0. The van der Waals surface area contributed by atoms with Crippen LogP contribution < -0.4 is 26.6 Å². The summed E-state index contributed by atoms with van der Waals surface area (Å²) in [5.41, 5.74) is 1.69. The number of amides is 5. The molecular weight excluding hydrogens is 877 g/mol. The lowest BCUT2D eigenvalue weighted by molar-refractivity contribution is -0.138. The van der Waals surface area contributed by atoms with Crippen molar-refractivity contribution in [2.24, 2.45) is 9.98 Å². The highest BCUT2D eigenvalue weighted by molar-refractivity contribution is 6.07. The Labute approximate surface area is 398 Å². The van der Waals surface area contributed by atoms with Crippen LogP contribution in [0.15, 0.2) is 70.8 Å². The first kappa shape index (κ1) is 55.0. The van der Waals surface area contributed by atoms with Gasteiger partial charge in [-0.05, 0) is 144 Å². The van der Waals surface area contributed by atoms with Gasteiger partial charge in [0.15, 0.2) is 5.82 Å². The SMILES string of the molecule is CC(C)(C)OC=O.CN=C(NC(=O)OC(C)(C)C)N1CC=C(c2ncc(NC(=O)c3ccc(C(=O)Nc4ccc(CN=C(NC(=O)OC(C)(C)C)NC(=O)OC(C)(C)C)cc4)cc3)nc2C)CC1. The van der Waals surface area contributed by atoms with Gasteiger partial charge >= 0.3 is 18.3 Å². The molecule has 5 N–H and O–H groups in total. The number of nitrogens with one attached hydrogen (secondary N) is 5. The number of aromatic nitrogens is 2. The summed E-state index contributed by atoms with van der Waals surface area (Å²) in [6.45, 7) is 24.5. The van der Waals surface area contributed by atoms with Crippen LogP contribution in [0, 0.1) is 6.92 Å². The van der Waals surface area contributed by atoms with E-state index in [1.54, 1.807) is 118 Å². The fraction of sp³-hybridized carbons (Fsp3) is 0.458. The molecule has 3 aromatic rings. The molecule has 0 spiro atoms. The van der Waals surface area contributed by atoms with Gasteiger partial charge in [0.2, 0.25) is 11.9 Å². The first-order chi connectivity index (χ1) is 31.5. The van der Waals surface area contributed by atoms with Gasteiger partial charge in [-0.3, -0.25) is 40.3 Å². The minimum atomic E-state index is -0.804. The Kier molecular flexibility index (Phi) is 19.3. The van der Waals surface area contributed by atoms with E-state index in [1.165, 1.54) is 6.20 Å². The second-order valence-electron chi connectivity index (χ2n) is 19.2. The number of hydrogen-bond donors (Lipinski definition) is 5. The van der Waals surface area contributed by atoms with Crippen molar-refractivity contribution >= 4 is 65.6 Å². The molecule has 0 unspecified atom stereocenters. The molecule has 0 fully saturated rings. The largest absolute Gasteiger partial charge is 0.462 e. The Morgan fingerprint density at radius 2 is 1.21 bits per heavy atom. The minimum Gasteiger partial charge on any atom is -0.462 e. The topological polar surface area (TPSA) is 253 Å². The van der Waals surface area contributed by atoms with Crippen molar-refractivity contribution in [2.45, 2.75) is 125 Å². The lowest BCUT2D eigenvalue weighted by atomic mass is 10.0. The first-order valence-electron chi connectivity index (χ1n) is 21.8. The Balaban J connectivity index is 0.00000162. The fourth-order valence-electron chi connectivity index (χ4n) is 5.69. The predicted octanol–water partition coefficient (Wildman–Crippen LogP) is 7.75. The zero-order valence-electron chi connectivity index (χ0n) is 41.5. The standard InChI is InChI=1S/C43H56N10O8.C5H10O2/c1-26-33(28-20-22-53(23-21-28)37(44-11)52-40(58)61-43(8,9)10)45-25-32(47-26)49-35(55)30-16-14-29(15-17-30)34(54)48-31-18-12-27(13-19-31)24-46-36(50-38(56)59-41(2,3)4)51-39(57)60-42(5,6)7;1-5(2,3)7-4-6/h12-20,25H,21-24H2,1-11H3,(H,48,54)(H,44,52,58)(H,47,49,55)(H2,46,50,51,56,57);4H,1-3H3. The summed E-state index contributed by atoms with van der Waals surface area (Å²) < 4.78 is 20.5. The molecule has 0 aliphatic carbocycles. The van der Waals surface area contributed by atoms with Crippen LogP contribution in [0.25, 0.3) is 5.57 Å². The number of nitrogens with zero attached hydrogens (tertiary/aromatic N) is 5. The highest BCUT2D eigenvalue weighted by Gasteiger charge is 2.24. The Bertz CT molecular complexity index is 2320. The second kappa shape index (κ2) is 23.9. The number of aryl methyl sites for hydroxylation is 1. The van der Waals surface area contributed by atoms with E-state index in [1.807, 2.05) is 38.7 Å². The average molecular weight is 943 g/mol. The van der Waals surface area contributed by atoms with Gasteiger partial charge in [0.25, 0.3) is 18.3 Å². The number of hydrogen-bond acceptors (Lipinski definition) is 14. The summed E-state index contributed by atoms with van der Waals surface area (Å²) in [6, 6.07) is 13.0.